The summed E-state index contributed by atoms with van der Waals surface area (Å²) in [4.78, 5) is 27.5. The Labute approximate surface area is 154 Å². The Balaban J connectivity index is 1.81. The summed E-state index contributed by atoms with van der Waals surface area (Å²) in [6.07, 6.45) is 1.14. The highest BCUT2D eigenvalue weighted by Gasteiger charge is 2.40. The third kappa shape index (κ3) is 4.38. The molecule has 26 heavy (non-hydrogen) atoms. The Kier molecular flexibility index (Phi) is 6.18. The summed E-state index contributed by atoms with van der Waals surface area (Å²) in [6.45, 7) is 3.50. The molecule has 3 rings (SSSR count). The molecule has 1 saturated heterocycles. The molecule has 0 unspecified atom stereocenters. The SMILES string of the molecule is CCOC(=O)[C@@H]1CCN(Cc2ccccc2)[C@@H](Cc2ccccc2)C1=O. The molecule has 0 bridgehead atoms. The third-order valence-electron chi connectivity index (χ3n) is 4.89. The maximum absolute atomic E-state index is 13.1. The van der Waals surface area contributed by atoms with Crippen LogP contribution in [0.2, 0.25) is 0 Å². The Morgan fingerprint density at radius 3 is 2.27 bits per heavy atom. The summed E-state index contributed by atoms with van der Waals surface area (Å²) < 4.78 is 5.13. The van der Waals surface area contributed by atoms with Gasteiger partial charge in [0.15, 0.2) is 5.78 Å². The smallest absolute Gasteiger partial charge is 0.316 e. The molecule has 0 spiro atoms. The summed E-state index contributed by atoms with van der Waals surface area (Å²) in [6, 6.07) is 19.8. The summed E-state index contributed by atoms with van der Waals surface area (Å²) in [7, 11) is 0. The number of nitrogens with zero attached hydrogens (tertiary/aromatic N) is 1. The Bertz CT molecular complexity index is 730. The van der Waals surface area contributed by atoms with Gasteiger partial charge < -0.3 is 4.74 Å². The van der Waals surface area contributed by atoms with Gasteiger partial charge in [-0.2, -0.15) is 0 Å². The van der Waals surface area contributed by atoms with E-state index < -0.39 is 5.92 Å². The van der Waals surface area contributed by atoms with Crippen LogP contribution in [0.25, 0.3) is 0 Å². The second kappa shape index (κ2) is 8.77. The second-order valence-corrected chi connectivity index (χ2v) is 6.66. The zero-order chi connectivity index (χ0) is 18.4. The molecule has 1 aliphatic heterocycles. The average molecular weight is 351 g/mol. The zero-order valence-corrected chi connectivity index (χ0v) is 15.1. The van der Waals surface area contributed by atoms with Crippen LogP contribution in [0.15, 0.2) is 60.7 Å². The monoisotopic (exact) mass is 351 g/mol. The molecule has 2 aromatic rings. The van der Waals surface area contributed by atoms with Gasteiger partial charge in [-0.25, -0.2) is 0 Å². The van der Waals surface area contributed by atoms with Gasteiger partial charge in [0.25, 0.3) is 0 Å². The maximum Gasteiger partial charge on any atom is 0.316 e. The highest BCUT2D eigenvalue weighted by Crippen LogP contribution is 2.25. The zero-order valence-electron chi connectivity index (χ0n) is 15.1. The molecule has 0 radical (unpaired) electrons. The molecule has 0 N–H and O–H groups in total. The van der Waals surface area contributed by atoms with E-state index in [0.717, 1.165) is 5.56 Å². The number of piperidine rings is 1. The molecule has 136 valence electrons. The quantitative estimate of drug-likeness (QED) is 0.592. The number of benzene rings is 2. The molecule has 2 atom stereocenters. The predicted molar refractivity (Wildman–Crippen MR) is 101 cm³/mol. The van der Waals surface area contributed by atoms with E-state index in [-0.39, 0.29) is 17.8 Å². The maximum atomic E-state index is 13.1. The number of ketones is 1. The number of carbonyl (C=O) groups excluding carboxylic acids is 2. The average Bonchev–Trinajstić information content (AvgIpc) is 2.66. The van der Waals surface area contributed by atoms with Gasteiger partial charge in [-0.05, 0) is 30.9 Å². The second-order valence-electron chi connectivity index (χ2n) is 6.66. The Hall–Kier alpha value is -2.46. The largest absolute Gasteiger partial charge is 0.465 e. The highest BCUT2D eigenvalue weighted by atomic mass is 16.5. The lowest BCUT2D eigenvalue weighted by Crippen LogP contribution is -2.52. The molecular weight excluding hydrogens is 326 g/mol. The molecule has 1 heterocycles. The van der Waals surface area contributed by atoms with Crippen LogP contribution in [0, 0.1) is 5.92 Å². The number of hydrogen-bond donors (Lipinski definition) is 0. The molecule has 4 nitrogen and oxygen atoms in total. The highest BCUT2D eigenvalue weighted by molar-refractivity contribution is 6.02. The van der Waals surface area contributed by atoms with Gasteiger partial charge in [0.1, 0.15) is 5.92 Å². The minimum Gasteiger partial charge on any atom is -0.465 e. The van der Waals surface area contributed by atoms with Crippen molar-refractivity contribution in [3.05, 3.63) is 71.8 Å². The summed E-state index contributed by atoms with van der Waals surface area (Å²) in [5.41, 5.74) is 2.28. The molecule has 4 heteroatoms. The first kappa shape index (κ1) is 18.3. The standard InChI is InChI=1S/C22H25NO3/c1-2-26-22(25)19-13-14-23(16-18-11-7-4-8-12-18)20(21(19)24)15-17-9-5-3-6-10-17/h3-12,19-20H,2,13-16H2,1H3/t19-,20+/m1/s1. The minimum atomic E-state index is -0.643. The summed E-state index contributed by atoms with van der Waals surface area (Å²) >= 11 is 0. The number of likely N-dealkylation sites (tertiary alicyclic amines) is 1. The lowest BCUT2D eigenvalue weighted by molar-refractivity contribution is -0.155. The van der Waals surface area contributed by atoms with Crippen LogP contribution in [-0.2, 0) is 27.3 Å². The lowest BCUT2D eigenvalue weighted by Gasteiger charge is -2.37. The number of rotatable bonds is 6. The van der Waals surface area contributed by atoms with Crippen LogP contribution in [0.4, 0.5) is 0 Å². The van der Waals surface area contributed by atoms with Crippen molar-refractivity contribution in [3.63, 3.8) is 0 Å². The number of hydrogen-bond acceptors (Lipinski definition) is 4. The van der Waals surface area contributed by atoms with Crippen molar-refractivity contribution < 1.29 is 14.3 Å². The van der Waals surface area contributed by atoms with Crippen molar-refractivity contribution in [3.8, 4) is 0 Å². The van der Waals surface area contributed by atoms with Gasteiger partial charge in [-0.3, -0.25) is 14.5 Å². The van der Waals surface area contributed by atoms with E-state index in [4.69, 9.17) is 4.74 Å². The Morgan fingerprint density at radius 1 is 1.04 bits per heavy atom. The molecular formula is C22H25NO3. The van der Waals surface area contributed by atoms with Crippen LogP contribution in [0.1, 0.15) is 24.5 Å². The topological polar surface area (TPSA) is 46.6 Å². The number of Topliss-reactive ketones (excluding diaryl/α,β-unsaturated/α-hetero) is 1. The fraction of sp³-hybridized carbons (Fsp3) is 0.364. The van der Waals surface area contributed by atoms with Crippen molar-refractivity contribution in [2.75, 3.05) is 13.2 Å². The van der Waals surface area contributed by atoms with Gasteiger partial charge in [-0.15, -0.1) is 0 Å². The normalized spacial score (nSPS) is 20.7. The first-order valence-corrected chi connectivity index (χ1v) is 9.21. The molecule has 0 saturated carbocycles. The molecule has 0 amide bonds. The summed E-state index contributed by atoms with van der Waals surface area (Å²) in [5.74, 6) is -1.04. The van der Waals surface area contributed by atoms with E-state index in [1.54, 1.807) is 6.92 Å². The van der Waals surface area contributed by atoms with Crippen molar-refractivity contribution in [1.29, 1.82) is 0 Å². The molecule has 2 aromatic carbocycles. The lowest BCUT2D eigenvalue weighted by atomic mass is 9.86. The van der Waals surface area contributed by atoms with E-state index in [0.29, 0.717) is 32.5 Å². The van der Waals surface area contributed by atoms with Crippen LogP contribution in [-0.4, -0.2) is 35.8 Å². The van der Waals surface area contributed by atoms with Gasteiger partial charge in [0, 0.05) is 13.1 Å². The summed E-state index contributed by atoms with van der Waals surface area (Å²) in [5, 5.41) is 0. The van der Waals surface area contributed by atoms with E-state index in [1.165, 1.54) is 5.56 Å². The first-order chi connectivity index (χ1) is 12.7. The van der Waals surface area contributed by atoms with Crippen LogP contribution in [0.3, 0.4) is 0 Å². The molecule has 1 aliphatic rings. The van der Waals surface area contributed by atoms with E-state index in [1.807, 2.05) is 48.5 Å². The predicted octanol–water partition coefficient (Wildman–Crippen LogP) is 3.25. The fourth-order valence-corrected chi connectivity index (χ4v) is 3.56. The van der Waals surface area contributed by atoms with E-state index >= 15 is 0 Å². The van der Waals surface area contributed by atoms with Crippen LogP contribution < -0.4 is 0 Å². The van der Waals surface area contributed by atoms with Crippen molar-refractivity contribution in [1.82, 2.24) is 4.90 Å². The van der Waals surface area contributed by atoms with E-state index in [9.17, 15) is 9.59 Å². The van der Waals surface area contributed by atoms with Gasteiger partial charge in [0.05, 0.1) is 12.6 Å². The first-order valence-electron chi connectivity index (χ1n) is 9.21. The third-order valence-corrected chi connectivity index (χ3v) is 4.89. The van der Waals surface area contributed by atoms with Crippen molar-refractivity contribution in [2.24, 2.45) is 5.92 Å². The number of ether oxygens (including phenoxy) is 1. The Morgan fingerprint density at radius 2 is 1.65 bits per heavy atom. The van der Waals surface area contributed by atoms with Gasteiger partial charge in [-0.1, -0.05) is 60.7 Å². The van der Waals surface area contributed by atoms with Gasteiger partial charge in [0.2, 0.25) is 0 Å². The van der Waals surface area contributed by atoms with Gasteiger partial charge >= 0.3 is 5.97 Å². The number of carbonyl (C=O) groups is 2. The molecule has 0 aromatic heterocycles. The van der Waals surface area contributed by atoms with Crippen molar-refractivity contribution in [2.45, 2.75) is 32.4 Å². The minimum absolute atomic E-state index is 0.0190. The van der Waals surface area contributed by atoms with E-state index in [2.05, 4.69) is 17.0 Å². The molecule has 0 aliphatic carbocycles. The molecule has 1 fully saturated rings. The fourth-order valence-electron chi connectivity index (χ4n) is 3.56. The van der Waals surface area contributed by atoms with Crippen molar-refractivity contribution >= 4 is 11.8 Å². The number of esters is 1. The van der Waals surface area contributed by atoms with Crippen LogP contribution >= 0.6 is 0 Å². The van der Waals surface area contributed by atoms with Crippen LogP contribution in [0.5, 0.6) is 0 Å².